The highest BCUT2D eigenvalue weighted by molar-refractivity contribution is 7.12. The minimum absolute atomic E-state index is 0.183. The minimum atomic E-state index is -0.400. The highest BCUT2D eigenvalue weighted by Gasteiger charge is 2.14. The van der Waals surface area contributed by atoms with Crippen LogP contribution >= 0.6 is 22.9 Å². The highest BCUT2D eigenvalue weighted by Crippen LogP contribution is 2.27. The molecule has 0 fully saturated rings. The molecule has 2 aromatic heterocycles. The second kappa shape index (κ2) is 9.33. The van der Waals surface area contributed by atoms with E-state index in [0.29, 0.717) is 28.6 Å². The largest absolute Gasteiger partial charge is 0.489 e. The molecule has 0 spiro atoms. The molecule has 0 radical (unpaired) electrons. The van der Waals surface area contributed by atoms with Gasteiger partial charge in [-0.3, -0.25) is 10.1 Å². The molecule has 2 aromatic carbocycles. The number of thiophene rings is 1. The third-order valence-corrected chi connectivity index (χ3v) is 6.79. The number of hydrogen-bond donors (Lipinski definition) is 1. The van der Waals surface area contributed by atoms with Gasteiger partial charge in [0.2, 0.25) is 5.95 Å². The fourth-order valence-corrected chi connectivity index (χ4v) is 4.81. The monoisotopic (exact) mass is 482 g/mol. The minimum Gasteiger partial charge on any atom is -0.489 e. The van der Waals surface area contributed by atoms with Crippen molar-refractivity contribution in [3.8, 4) is 5.75 Å². The number of anilines is 1. The molecule has 168 valence electrons. The van der Waals surface area contributed by atoms with Gasteiger partial charge in [0.25, 0.3) is 5.91 Å². The van der Waals surface area contributed by atoms with E-state index in [9.17, 15) is 9.18 Å². The lowest BCUT2D eigenvalue weighted by atomic mass is 10.1. The van der Waals surface area contributed by atoms with Crippen LogP contribution in [0, 0.1) is 5.82 Å². The summed E-state index contributed by atoms with van der Waals surface area (Å²) in [5, 5.41) is 9.16. The zero-order valence-electron chi connectivity index (χ0n) is 17.6. The van der Waals surface area contributed by atoms with Crippen molar-refractivity contribution in [2.45, 2.75) is 32.4 Å². The summed E-state index contributed by atoms with van der Waals surface area (Å²) in [6, 6.07) is 12.2. The molecule has 0 aliphatic heterocycles. The Morgan fingerprint density at radius 3 is 2.94 bits per heavy atom. The molecule has 1 aliphatic rings. The molecule has 1 amide bonds. The Hall–Kier alpha value is -3.23. The molecule has 1 aliphatic carbocycles. The average Bonchev–Trinajstić information content (AvgIpc) is 3.55. The predicted octanol–water partition coefficient (Wildman–Crippen LogP) is 5.50. The summed E-state index contributed by atoms with van der Waals surface area (Å²) in [5.74, 6) is 0.344. The van der Waals surface area contributed by atoms with E-state index in [4.69, 9.17) is 16.3 Å². The first-order chi connectivity index (χ1) is 16.0. The van der Waals surface area contributed by atoms with Gasteiger partial charge in [-0.1, -0.05) is 23.7 Å². The molecular formula is C24H20ClFN4O2S. The normalized spacial score (nSPS) is 12.5. The van der Waals surface area contributed by atoms with Gasteiger partial charge in [0, 0.05) is 10.6 Å². The maximum absolute atomic E-state index is 13.2. The first-order valence-electron chi connectivity index (χ1n) is 10.5. The molecule has 9 heteroatoms. The fourth-order valence-electron chi connectivity index (χ4n) is 3.79. The maximum atomic E-state index is 13.2. The van der Waals surface area contributed by atoms with E-state index in [1.807, 2.05) is 17.5 Å². The Morgan fingerprint density at radius 2 is 2.06 bits per heavy atom. The molecule has 0 saturated heterocycles. The van der Waals surface area contributed by atoms with Gasteiger partial charge < -0.3 is 4.74 Å². The SMILES string of the molecule is O=C(Nc1ncn(Cc2ccc(F)cc2Cl)n1)c1cc(COc2ccc3c(c2)CCC3)cs1. The van der Waals surface area contributed by atoms with Crippen LogP contribution in [0.4, 0.5) is 10.3 Å². The second-order valence-electron chi connectivity index (χ2n) is 7.85. The summed E-state index contributed by atoms with van der Waals surface area (Å²) in [6.07, 6.45) is 4.94. The predicted molar refractivity (Wildman–Crippen MR) is 126 cm³/mol. The summed E-state index contributed by atoms with van der Waals surface area (Å²) in [4.78, 5) is 17.3. The van der Waals surface area contributed by atoms with Gasteiger partial charge in [-0.05, 0) is 71.7 Å². The van der Waals surface area contributed by atoms with Crippen molar-refractivity contribution in [1.29, 1.82) is 0 Å². The van der Waals surface area contributed by atoms with Crippen LogP contribution in [-0.2, 0) is 26.0 Å². The van der Waals surface area contributed by atoms with E-state index >= 15 is 0 Å². The van der Waals surface area contributed by atoms with Crippen LogP contribution in [0.1, 0.15) is 38.3 Å². The standard InChI is InChI=1S/C24H20ClFN4O2S/c25-21-10-19(26)6-4-18(21)11-30-14-27-24(29-30)28-23(31)22-8-15(13-33-22)12-32-20-7-5-16-2-1-3-17(16)9-20/h4-10,13-14H,1-3,11-12H2,(H,28,29,31). The smallest absolute Gasteiger partial charge is 0.268 e. The fraction of sp³-hybridized carbons (Fsp3) is 0.208. The van der Waals surface area contributed by atoms with Gasteiger partial charge in [-0.25, -0.2) is 14.1 Å². The molecule has 0 bridgehead atoms. The number of carbonyl (C=O) groups excluding carboxylic acids is 1. The first-order valence-corrected chi connectivity index (χ1v) is 11.8. The number of carbonyl (C=O) groups is 1. The van der Waals surface area contributed by atoms with Crippen molar-refractivity contribution < 1.29 is 13.9 Å². The van der Waals surface area contributed by atoms with Crippen molar-refractivity contribution in [3.05, 3.63) is 92.1 Å². The van der Waals surface area contributed by atoms with Gasteiger partial charge >= 0.3 is 0 Å². The Balaban J connectivity index is 1.17. The molecule has 1 N–H and O–H groups in total. The molecular weight excluding hydrogens is 463 g/mol. The highest BCUT2D eigenvalue weighted by atomic mass is 35.5. The number of hydrogen-bond acceptors (Lipinski definition) is 5. The van der Waals surface area contributed by atoms with Gasteiger partial charge in [0.1, 0.15) is 24.5 Å². The number of ether oxygens (including phenoxy) is 1. The van der Waals surface area contributed by atoms with Crippen LogP contribution in [0.15, 0.2) is 54.2 Å². The molecule has 4 aromatic rings. The molecule has 5 rings (SSSR count). The zero-order valence-corrected chi connectivity index (χ0v) is 19.1. The van der Waals surface area contributed by atoms with E-state index in [1.165, 1.54) is 52.0 Å². The lowest BCUT2D eigenvalue weighted by Crippen LogP contribution is -2.12. The number of nitrogens with zero attached hydrogens (tertiary/aromatic N) is 3. The van der Waals surface area contributed by atoms with E-state index < -0.39 is 5.82 Å². The van der Waals surface area contributed by atoms with Crippen LogP contribution in [-0.4, -0.2) is 20.7 Å². The van der Waals surface area contributed by atoms with Gasteiger partial charge in [0.05, 0.1) is 11.4 Å². The lowest BCUT2D eigenvalue weighted by molar-refractivity contribution is 0.102. The van der Waals surface area contributed by atoms with Gasteiger partial charge in [-0.2, -0.15) is 0 Å². The third-order valence-electron chi connectivity index (χ3n) is 5.46. The van der Waals surface area contributed by atoms with E-state index in [-0.39, 0.29) is 11.9 Å². The summed E-state index contributed by atoms with van der Waals surface area (Å²) in [6.45, 7) is 0.707. The lowest BCUT2D eigenvalue weighted by Gasteiger charge is -2.07. The molecule has 6 nitrogen and oxygen atoms in total. The zero-order chi connectivity index (χ0) is 22.8. The van der Waals surface area contributed by atoms with Crippen LogP contribution < -0.4 is 10.1 Å². The number of nitrogens with one attached hydrogen (secondary N) is 1. The number of halogens is 2. The Bertz CT molecular complexity index is 1320. The van der Waals surface area contributed by atoms with Crippen LogP contribution in [0.5, 0.6) is 5.75 Å². The molecule has 0 unspecified atom stereocenters. The number of aryl methyl sites for hydroxylation is 2. The van der Waals surface area contributed by atoms with Crippen LogP contribution in [0.25, 0.3) is 0 Å². The number of benzene rings is 2. The quantitative estimate of drug-likeness (QED) is 0.377. The van der Waals surface area contributed by atoms with Crippen LogP contribution in [0.3, 0.4) is 0 Å². The summed E-state index contributed by atoms with van der Waals surface area (Å²) < 4.78 is 20.7. The second-order valence-corrected chi connectivity index (χ2v) is 9.17. The van der Waals surface area contributed by atoms with Gasteiger partial charge in [0.15, 0.2) is 0 Å². The molecule has 33 heavy (non-hydrogen) atoms. The van der Waals surface area contributed by atoms with Crippen molar-refractivity contribution in [3.63, 3.8) is 0 Å². The maximum Gasteiger partial charge on any atom is 0.268 e. The van der Waals surface area contributed by atoms with E-state index in [0.717, 1.165) is 24.2 Å². The average molecular weight is 483 g/mol. The number of fused-ring (bicyclic) bond motifs is 1. The topological polar surface area (TPSA) is 69.0 Å². The summed E-state index contributed by atoms with van der Waals surface area (Å²) >= 11 is 7.40. The van der Waals surface area contributed by atoms with Crippen molar-refractivity contribution in [2.75, 3.05) is 5.32 Å². The number of aromatic nitrogens is 3. The van der Waals surface area contributed by atoms with E-state index in [2.05, 4.69) is 27.5 Å². The van der Waals surface area contributed by atoms with Crippen LogP contribution in [0.2, 0.25) is 5.02 Å². The van der Waals surface area contributed by atoms with Crippen molar-refractivity contribution in [2.24, 2.45) is 0 Å². The third kappa shape index (κ3) is 5.07. The van der Waals surface area contributed by atoms with Gasteiger partial charge in [-0.15, -0.1) is 16.4 Å². The Morgan fingerprint density at radius 1 is 1.18 bits per heavy atom. The Kier molecular flexibility index (Phi) is 6.11. The molecule has 0 atom stereocenters. The number of amides is 1. The first kappa shape index (κ1) is 21.6. The van der Waals surface area contributed by atoms with E-state index in [1.54, 1.807) is 6.07 Å². The van der Waals surface area contributed by atoms with Crippen molar-refractivity contribution >= 4 is 34.8 Å². The van der Waals surface area contributed by atoms with Crippen molar-refractivity contribution in [1.82, 2.24) is 14.8 Å². The molecule has 0 saturated carbocycles. The summed E-state index contributed by atoms with van der Waals surface area (Å²) in [7, 11) is 0. The number of rotatable bonds is 7. The Labute approximate surface area is 199 Å². The molecule has 2 heterocycles. The summed E-state index contributed by atoms with van der Waals surface area (Å²) in [5.41, 5.74) is 4.40.